The Morgan fingerprint density at radius 2 is 1.89 bits per heavy atom. The molecule has 1 heterocycles. The van der Waals surface area contributed by atoms with Gasteiger partial charge in [0.05, 0.1) is 4.47 Å². The van der Waals surface area contributed by atoms with Crippen molar-refractivity contribution in [3.8, 4) is 11.6 Å². The summed E-state index contributed by atoms with van der Waals surface area (Å²) in [5.41, 5.74) is 1.34. The molecule has 100 valence electrons. The largest absolute Gasteiger partial charge is 0.438 e. The molecule has 0 spiro atoms. The van der Waals surface area contributed by atoms with Gasteiger partial charge in [-0.3, -0.25) is 0 Å². The predicted octanol–water partition coefficient (Wildman–Crippen LogP) is 5.74. The van der Waals surface area contributed by atoms with Crippen LogP contribution in [-0.4, -0.2) is 4.98 Å². The standard InChI is InChI=1S/C15H15Br2NO/c1-2-3-4-11-5-7-13(8-6-11)19-15-14(17)9-12(16)10-18-15/h5-10H,2-4H2,1H3. The molecule has 1 aromatic heterocycles. The summed E-state index contributed by atoms with van der Waals surface area (Å²) >= 11 is 6.80. The van der Waals surface area contributed by atoms with Gasteiger partial charge in [-0.1, -0.05) is 25.5 Å². The second kappa shape index (κ2) is 7.06. The summed E-state index contributed by atoms with van der Waals surface area (Å²) in [5, 5.41) is 0. The van der Waals surface area contributed by atoms with E-state index in [-0.39, 0.29) is 0 Å². The lowest BCUT2D eigenvalue weighted by atomic mass is 10.1. The highest BCUT2D eigenvalue weighted by molar-refractivity contribution is 9.11. The third-order valence-electron chi connectivity index (χ3n) is 2.73. The highest BCUT2D eigenvalue weighted by Gasteiger charge is 2.05. The molecule has 19 heavy (non-hydrogen) atoms. The Morgan fingerprint density at radius 1 is 1.16 bits per heavy atom. The molecule has 0 aliphatic carbocycles. The van der Waals surface area contributed by atoms with E-state index < -0.39 is 0 Å². The molecule has 0 saturated heterocycles. The summed E-state index contributed by atoms with van der Waals surface area (Å²) in [7, 11) is 0. The van der Waals surface area contributed by atoms with Crippen LogP contribution in [0.5, 0.6) is 11.6 Å². The molecule has 0 aliphatic rings. The Labute approximate surface area is 130 Å². The molecule has 0 fully saturated rings. The summed E-state index contributed by atoms with van der Waals surface area (Å²) in [4.78, 5) is 4.23. The zero-order chi connectivity index (χ0) is 13.7. The molecule has 0 amide bonds. The highest BCUT2D eigenvalue weighted by Crippen LogP contribution is 2.29. The van der Waals surface area contributed by atoms with Crippen LogP contribution in [0.1, 0.15) is 25.3 Å². The zero-order valence-electron chi connectivity index (χ0n) is 10.7. The van der Waals surface area contributed by atoms with Crippen molar-refractivity contribution in [2.24, 2.45) is 0 Å². The minimum Gasteiger partial charge on any atom is -0.438 e. The first-order chi connectivity index (χ1) is 9.19. The van der Waals surface area contributed by atoms with Crippen LogP contribution in [0, 0.1) is 0 Å². The van der Waals surface area contributed by atoms with Gasteiger partial charge in [-0.15, -0.1) is 0 Å². The normalized spacial score (nSPS) is 10.5. The number of nitrogens with zero attached hydrogens (tertiary/aromatic N) is 1. The van der Waals surface area contributed by atoms with Crippen molar-refractivity contribution in [1.29, 1.82) is 0 Å². The molecule has 0 atom stereocenters. The molecule has 0 bridgehead atoms. The van der Waals surface area contributed by atoms with Gasteiger partial charge in [0.15, 0.2) is 0 Å². The fourth-order valence-electron chi connectivity index (χ4n) is 1.69. The Bertz CT molecular complexity index is 540. The summed E-state index contributed by atoms with van der Waals surface area (Å²) in [6.45, 7) is 2.20. The van der Waals surface area contributed by atoms with Gasteiger partial charge < -0.3 is 4.74 Å². The van der Waals surface area contributed by atoms with E-state index in [0.717, 1.165) is 21.1 Å². The average Bonchev–Trinajstić information content (AvgIpc) is 2.41. The minimum atomic E-state index is 0.574. The summed E-state index contributed by atoms with van der Waals surface area (Å²) in [6.07, 6.45) is 5.28. The fraction of sp³-hybridized carbons (Fsp3) is 0.267. The number of halogens is 2. The second-order valence-corrected chi connectivity index (χ2v) is 6.06. The maximum atomic E-state index is 5.74. The smallest absolute Gasteiger partial charge is 0.233 e. The van der Waals surface area contributed by atoms with Gasteiger partial charge in [0.2, 0.25) is 5.88 Å². The first-order valence-corrected chi connectivity index (χ1v) is 7.85. The van der Waals surface area contributed by atoms with Crippen molar-refractivity contribution in [2.75, 3.05) is 0 Å². The molecule has 0 radical (unpaired) electrons. The van der Waals surface area contributed by atoms with Crippen LogP contribution in [-0.2, 0) is 6.42 Å². The van der Waals surface area contributed by atoms with Crippen LogP contribution < -0.4 is 4.74 Å². The van der Waals surface area contributed by atoms with Crippen LogP contribution in [0.25, 0.3) is 0 Å². The molecule has 2 nitrogen and oxygen atoms in total. The molecular formula is C15H15Br2NO. The molecule has 0 N–H and O–H groups in total. The number of hydrogen-bond donors (Lipinski definition) is 0. The number of unbranched alkanes of at least 4 members (excludes halogenated alkanes) is 1. The molecule has 0 saturated carbocycles. The van der Waals surface area contributed by atoms with Crippen LogP contribution in [0.2, 0.25) is 0 Å². The Hall–Kier alpha value is -0.870. The third kappa shape index (κ3) is 4.32. The van der Waals surface area contributed by atoms with Gasteiger partial charge >= 0.3 is 0 Å². The maximum Gasteiger partial charge on any atom is 0.233 e. The molecule has 1 aromatic carbocycles. The predicted molar refractivity (Wildman–Crippen MR) is 84.8 cm³/mol. The summed E-state index contributed by atoms with van der Waals surface area (Å²) in [5.74, 6) is 1.38. The number of rotatable bonds is 5. The lowest BCUT2D eigenvalue weighted by Crippen LogP contribution is -1.90. The number of aromatic nitrogens is 1. The molecule has 2 rings (SSSR count). The van der Waals surface area contributed by atoms with Crippen LogP contribution in [0.4, 0.5) is 0 Å². The number of aryl methyl sites for hydroxylation is 1. The number of pyridine rings is 1. The Morgan fingerprint density at radius 3 is 2.53 bits per heavy atom. The topological polar surface area (TPSA) is 22.1 Å². The monoisotopic (exact) mass is 383 g/mol. The SMILES string of the molecule is CCCCc1ccc(Oc2ncc(Br)cc2Br)cc1. The van der Waals surface area contributed by atoms with E-state index in [1.807, 2.05) is 18.2 Å². The first kappa shape index (κ1) is 14.5. The lowest BCUT2D eigenvalue weighted by molar-refractivity contribution is 0.459. The first-order valence-electron chi connectivity index (χ1n) is 6.27. The van der Waals surface area contributed by atoms with E-state index in [1.165, 1.54) is 18.4 Å². The average molecular weight is 385 g/mol. The summed E-state index contributed by atoms with van der Waals surface area (Å²) < 4.78 is 7.49. The van der Waals surface area contributed by atoms with Crippen LogP contribution in [0.3, 0.4) is 0 Å². The van der Waals surface area contributed by atoms with Gasteiger partial charge in [0.25, 0.3) is 0 Å². The van der Waals surface area contributed by atoms with Crippen molar-refractivity contribution < 1.29 is 4.74 Å². The van der Waals surface area contributed by atoms with E-state index in [0.29, 0.717) is 5.88 Å². The Balaban J connectivity index is 2.06. The van der Waals surface area contributed by atoms with Gasteiger partial charge in [-0.25, -0.2) is 4.98 Å². The molecule has 2 aromatic rings. The van der Waals surface area contributed by atoms with Crippen molar-refractivity contribution in [3.63, 3.8) is 0 Å². The van der Waals surface area contributed by atoms with E-state index in [9.17, 15) is 0 Å². The maximum absolute atomic E-state index is 5.74. The van der Waals surface area contributed by atoms with E-state index >= 15 is 0 Å². The van der Waals surface area contributed by atoms with E-state index in [1.54, 1.807) is 6.20 Å². The number of hydrogen-bond acceptors (Lipinski definition) is 2. The van der Waals surface area contributed by atoms with E-state index in [4.69, 9.17) is 4.74 Å². The lowest BCUT2D eigenvalue weighted by Gasteiger charge is -2.07. The molecular weight excluding hydrogens is 370 g/mol. The second-order valence-electron chi connectivity index (χ2n) is 4.29. The summed E-state index contributed by atoms with van der Waals surface area (Å²) in [6, 6.07) is 10.1. The number of benzene rings is 1. The highest BCUT2D eigenvalue weighted by atomic mass is 79.9. The molecule has 0 unspecified atom stereocenters. The fourth-order valence-corrected chi connectivity index (χ4v) is 2.76. The van der Waals surface area contributed by atoms with Gasteiger partial charge in [-0.2, -0.15) is 0 Å². The van der Waals surface area contributed by atoms with Gasteiger partial charge in [0, 0.05) is 10.7 Å². The quantitative estimate of drug-likeness (QED) is 0.655. The zero-order valence-corrected chi connectivity index (χ0v) is 13.9. The van der Waals surface area contributed by atoms with Crippen molar-refractivity contribution in [2.45, 2.75) is 26.2 Å². The van der Waals surface area contributed by atoms with Crippen LogP contribution in [0.15, 0.2) is 45.5 Å². The van der Waals surface area contributed by atoms with Crippen molar-refractivity contribution in [1.82, 2.24) is 4.98 Å². The minimum absolute atomic E-state index is 0.574. The molecule has 4 heteroatoms. The van der Waals surface area contributed by atoms with Gasteiger partial charge in [-0.05, 0) is 68.5 Å². The van der Waals surface area contributed by atoms with Gasteiger partial charge in [0.1, 0.15) is 5.75 Å². The number of ether oxygens (including phenoxy) is 1. The Kier molecular flexibility index (Phi) is 5.40. The van der Waals surface area contributed by atoms with Crippen molar-refractivity contribution >= 4 is 31.9 Å². The molecule has 0 aliphatic heterocycles. The third-order valence-corrected chi connectivity index (χ3v) is 3.73. The van der Waals surface area contributed by atoms with Crippen molar-refractivity contribution in [3.05, 3.63) is 51.0 Å². The van der Waals surface area contributed by atoms with Crippen LogP contribution >= 0.6 is 31.9 Å². The van der Waals surface area contributed by atoms with E-state index in [2.05, 4.69) is 55.9 Å².